The summed E-state index contributed by atoms with van der Waals surface area (Å²) in [5.74, 6) is -1.83. The molecule has 1 aromatic heterocycles. The zero-order valence-electron chi connectivity index (χ0n) is 24.5. The molecule has 4 aromatic rings. The fraction of sp³-hybridized carbons (Fsp3) is 0.323. The molecule has 4 N–H and O–H groups in total. The maximum atomic E-state index is 15.8. The van der Waals surface area contributed by atoms with E-state index in [2.05, 4.69) is 5.32 Å². The molecule has 0 radical (unpaired) electrons. The summed E-state index contributed by atoms with van der Waals surface area (Å²) >= 11 is 0. The van der Waals surface area contributed by atoms with Crippen LogP contribution in [0.3, 0.4) is 0 Å². The zero-order valence-corrected chi connectivity index (χ0v) is 24.5. The Labute approximate surface area is 253 Å². The second-order valence-corrected chi connectivity index (χ2v) is 11.5. The van der Waals surface area contributed by atoms with Crippen LogP contribution in [0.4, 0.5) is 40.8 Å². The summed E-state index contributed by atoms with van der Waals surface area (Å²) in [7, 11) is 0. The first-order valence-electron chi connectivity index (χ1n) is 13.7. The number of aryl methyl sites for hydroxylation is 2. The maximum Gasteiger partial charge on any atom is 0.416 e. The molecular formula is C31H29F8N5O. The van der Waals surface area contributed by atoms with E-state index in [1.54, 1.807) is 18.7 Å². The van der Waals surface area contributed by atoms with Crippen LogP contribution in [0.5, 0.6) is 0 Å². The third-order valence-electron chi connectivity index (χ3n) is 8.07. The molecule has 45 heavy (non-hydrogen) atoms. The number of nitrogens with two attached hydrogens (primary N) is 1. The van der Waals surface area contributed by atoms with E-state index in [-0.39, 0.29) is 29.4 Å². The van der Waals surface area contributed by atoms with E-state index in [0.717, 1.165) is 29.3 Å². The molecular weight excluding hydrogens is 610 g/mol. The van der Waals surface area contributed by atoms with Gasteiger partial charge in [0, 0.05) is 30.3 Å². The molecule has 6 nitrogen and oxygen atoms in total. The summed E-state index contributed by atoms with van der Waals surface area (Å²) in [6.07, 6.45) is -11.7. The summed E-state index contributed by atoms with van der Waals surface area (Å²) in [6, 6.07) is 8.68. The van der Waals surface area contributed by atoms with Crippen molar-refractivity contribution in [1.82, 2.24) is 14.7 Å². The summed E-state index contributed by atoms with van der Waals surface area (Å²) in [5, 5.41) is 16.4. The molecule has 1 aliphatic rings. The monoisotopic (exact) mass is 639 g/mol. The predicted octanol–water partition coefficient (Wildman–Crippen LogP) is 7.37. The highest BCUT2D eigenvalue weighted by Gasteiger charge is 2.45. The van der Waals surface area contributed by atoms with Gasteiger partial charge in [-0.2, -0.15) is 31.4 Å². The number of benzene rings is 3. The van der Waals surface area contributed by atoms with Crippen LogP contribution >= 0.6 is 0 Å². The van der Waals surface area contributed by atoms with Crippen molar-refractivity contribution >= 4 is 5.69 Å². The number of aliphatic hydroxyl groups is 1. The minimum Gasteiger partial charge on any atom is -0.361 e. The number of hydrogen-bond donors (Lipinski definition) is 3. The second kappa shape index (κ2) is 11.1. The van der Waals surface area contributed by atoms with Gasteiger partial charge in [0.2, 0.25) is 0 Å². The molecule has 1 aliphatic heterocycles. The molecule has 0 saturated carbocycles. The molecule has 0 saturated heterocycles. The van der Waals surface area contributed by atoms with Crippen molar-refractivity contribution < 1.29 is 40.2 Å². The van der Waals surface area contributed by atoms with Gasteiger partial charge in [-0.25, -0.2) is 13.5 Å². The number of rotatable bonds is 6. The predicted molar refractivity (Wildman–Crippen MR) is 151 cm³/mol. The molecule has 0 bridgehead atoms. The number of fused-ring (bicyclic) bond motifs is 1. The lowest BCUT2D eigenvalue weighted by Gasteiger charge is -2.32. The number of para-hydroxylation sites is 1. The fourth-order valence-electron chi connectivity index (χ4n) is 5.82. The normalized spacial score (nSPS) is 15.8. The summed E-state index contributed by atoms with van der Waals surface area (Å²) < 4.78 is 114. The van der Waals surface area contributed by atoms with Gasteiger partial charge < -0.3 is 10.4 Å². The Kier molecular flexibility index (Phi) is 7.99. The lowest BCUT2D eigenvalue weighted by atomic mass is 9.97. The fourth-order valence-corrected chi connectivity index (χ4v) is 5.82. The van der Waals surface area contributed by atoms with Crippen molar-refractivity contribution in [2.75, 3.05) is 5.32 Å². The Balaban J connectivity index is 1.67. The lowest BCUT2D eigenvalue weighted by Crippen LogP contribution is -2.36. The summed E-state index contributed by atoms with van der Waals surface area (Å²) in [4.78, 5) is 1.59. The third kappa shape index (κ3) is 5.89. The van der Waals surface area contributed by atoms with Crippen molar-refractivity contribution in [2.45, 2.75) is 65.0 Å². The molecule has 5 rings (SSSR count). The molecule has 0 aliphatic carbocycles. The zero-order chi connectivity index (χ0) is 33.2. The van der Waals surface area contributed by atoms with Crippen LogP contribution in [0.25, 0.3) is 16.9 Å². The van der Waals surface area contributed by atoms with E-state index < -0.39 is 59.2 Å². The number of alkyl halides is 6. The van der Waals surface area contributed by atoms with Crippen LogP contribution in [-0.4, -0.2) is 26.1 Å². The molecule has 0 amide bonds. The van der Waals surface area contributed by atoms with Gasteiger partial charge in [-0.15, -0.1) is 0 Å². The first-order chi connectivity index (χ1) is 20.8. The molecule has 240 valence electrons. The van der Waals surface area contributed by atoms with Gasteiger partial charge >= 0.3 is 12.4 Å². The number of hydrogen-bond acceptors (Lipinski definition) is 5. The molecule has 3 aromatic carbocycles. The average molecular weight is 640 g/mol. The Morgan fingerprint density at radius 3 is 2.18 bits per heavy atom. The first kappa shape index (κ1) is 32.4. The Morgan fingerprint density at radius 2 is 1.60 bits per heavy atom. The highest BCUT2D eigenvalue weighted by molar-refractivity contribution is 5.72. The Hall–Kier alpha value is -4.01. The van der Waals surface area contributed by atoms with Crippen molar-refractivity contribution in [3.8, 4) is 16.9 Å². The standard InChI is InChI=1S/C31H29F8N5O/c1-15-6-5-7-16(2)25(15)44-26(19-11-23(33)24(12-22(19)32)41-28(40)45)20-14-43(29(3,4)27(20)42-44)13-17-8-9-18(30(34,35)36)10-21(17)31(37,38)39/h5-12,28,41,45H,13-14,40H2,1-4H3. The van der Waals surface area contributed by atoms with Crippen molar-refractivity contribution in [2.24, 2.45) is 5.73 Å². The number of nitrogens with zero attached hydrogens (tertiary/aromatic N) is 3. The van der Waals surface area contributed by atoms with Crippen LogP contribution in [0.15, 0.2) is 48.5 Å². The van der Waals surface area contributed by atoms with Crippen molar-refractivity contribution in [3.63, 3.8) is 0 Å². The number of nitrogens with one attached hydrogen (secondary N) is 1. The number of aliphatic hydroxyl groups excluding tert-OH is 1. The highest BCUT2D eigenvalue weighted by Crippen LogP contribution is 2.47. The van der Waals surface area contributed by atoms with Crippen LogP contribution < -0.4 is 11.1 Å². The largest absolute Gasteiger partial charge is 0.416 e. The minimum atomic E-state index is -5.06. The van der Waals surface area contributed by atoms with E-state index in [1.165, 1.54) is 4.68 Å². The average Bonchev–Trinajstić information content (AvgIpc) is 3.38. The third-order valence-corrected chi connectivity index (χ3v) is 8.07. The van der Waals surface area contributed by atoms with E-state index in [1.807, 2.05) is 32.0 Å². The van der Waals surface area contributed by atoms with E-state index in [9.17, 15) is 31.4 Å². The molecule has 0 spiro atoms. The SMILES string of the molecule is Cc1cccc(C)c1-n1nc2c(c1-c1cc(F)c(NC(N)O)cc1F)CN(Cc1ccc(C(F)(F)F)cc1C(F)(F)F)C2(C)C. The molecule has 1 unspecified atom stereocenters. The van der Waals surface area contributed by atoms with Gasteiger partial charge in [0.25, 0.3) is 0 Å². The van der Waals surface area contributed by atoms with Crippen LogP contribution in [0.1, 0.15) is 52.9 Å². The Bertz CT molecular complexity index is 1760. The summed E-state index contributed by atoms with van der Waals surface area (Å²) in [6.45, 7) is 6.51. The number of anilines is 1. The van der Waals surface area contributed by atoms with Crippen LogP contribution in [0, 0.1) is 25.5 Å². The lowest BCUT2D eigenvalue weighted by molar-refractivity contribution is -0.143. The molecule has 14 heteroatoms. The molecule has 0 fully saturated rings. The van der Waals surface area contributed by atoms with Crippen molar-refractivity contribution in [1.29, 1.82) is 0 Å². The van der Waals surface area contributed by atoms with Crippen LogP contribution in [-0.2, 0) is 31.0 Å². The number of aromatic nitrogens is 2. The van der Waals surface area contributed by atoms with Gasteiger partial charge in [0.1, 0.15) is 11.6 Å². The van der Waals surface area contributed by atoms with E-state index in [0.29, 0.717) is 23.0 Å². The van der Waals surface area contributed by atoms with Crippen molar-refractivity contribution in [3.05, 3.63) is 99.2 Å². The molecule has 1 atom stereocenters. The topological polar surface area (TPSA) is 79.3 Å². The minimum absolute atomic E-state index is 0.0799. The first-order valence-corrected chi connectivity index (χ1v) is 13.7. The highest BCUT2D eigenvalue weighted by atomic mass is 19.4. The van der Waals surface area contributed by atoms with Crippen LogP contribution in [0.2, 0.25) is 0 Å². The maximum absolute atomic E-state index is 15.8. The van der Waals surface area contributed by atoms with E-state index in [4.69, 9.17) is 10.8 Å². The summed E-state index contributed by atoms with van der Waals surface area (Å²) in [5.41, 5.74) is 3.39. The molecule has 2 heterocycles. The quantitative estimate of drug-likeness (QED) is 0.152. The van der Waals surface area contributed by atoms with Gasteiger partial charge in [-0.05, 0) is 62.6 Å². The smallest absolute Gasteiger partial charge is 0.361 e. The Morgan fingerprint density at radius 1 is 0.956 bits per heavy atom. The van der Waals surface area contributed by atoms with Gasteiger partial charge in [0.15, 0.2) is 6.35 Å². The second-order valence-electron chi connectivity index (χ2n) is 11.5. The number of halogens is 8. The van der Waals surface area contributed by atoms with E-state index >= 15 is 8.78 Å². The van der Waals surface area contributed by atoms with Gasteiger partial charge in [-0.3, -0.25) is 10.6 Å². The van der Waals surface area contributed by atoms with Gasteiger partial charge in [-0.1, -0.05) is 24.3 Å². The van der Waals surface area contributed by atoms with Gasteiger partial charge in [0.05, 0.1) is 39.4 Å².